The van der Waals surface area contributed by atoms with Crippen LogP contribution in [0, 0.1) is 0 Å². The van der Waals surface area contributed by atoms with Crippen LogP contribution in [0.4, 0.5) is 5.69 Å². The molecule has 0 bridgehead atoms. The second-order valence-electron chi connectivity index (χ2n) is 6.44. The molecule has 0 fully saturated rings. The Hall–Kier alpha value is -2.00. The number of carbonyl (C=O) groups excluding carboxylic acids is 2. The minimum Gasteiger partial charge on any atom is -0.370 e. The molecule has 0 spiro atoms. The number of para-hydroxylation sites is 1. The van der Waals surface area contributed by atoms with Gasteiger partial charge in [0.05, 0.1) is 11.4 Å². The number of anilines is 1. The van der Waals surface area contributed by atoms with E-state index in [1.807, 2.05) is 46.5 Å². The molecular weight excluding hydrogens is 382 g/mol. The molecular formula is C18H23N5O2S2. The maximum Gasteiger partial charge on any atom is 0.237 e. The summed E-state index contributed by atoms with van der Waals surface area (Å²) in [6.07, 6.45) is 1.63. The summed E-state index contributed by atoms with van der Waals surface area (Å²) in [5, 5.41) is 9.37. The van der Waals surface area contributed by atoms with Gasteiger partial charge in [-0.1, -0.05) is 30.8 Å². The quantitative estimate of drug-likeness (QED) is 0.741. The van der Waals surface area contributed by atoms with Crippen LogP contribution in [0.3, 0.4) is 0 Å². The molecule has 0 saturated heterocycles. The number of thioether (sulfide) groups is 2. The number of hydrogen-bond acceptors (Lipinski definition) is 6. The SMILES string of the molecule is C[C@H]1CCN(C(=O)CSc2nnc(CCC(N)=O)n2C)c2ccccc2S1. The average molecular weight is 406 g/mol. The second-order valence-corrected chi connectivity index (χ2v) is 8.87. The number of benzene rings is 1. The maximum atomic E-state index is 12.9. The van der Waals surface area contributed by atoms with Gasteiger partial charge in [0.15, 0.2) is 5.16 Å². The van der Waals surface area contributed by atoms with Crippen LogP contribution >= 0.6 is 23.5 Å². The van der Waals surface area contributed by atoms with Crippen molar-refractivity contribution in [3.63, 3.8) is 0 Å². The molecule has 1 aliphatic heterocycles. The average Bonchev–Trinajstić information content (AvgIpc) is 2.89. The van der Waals surface area contributed by atoms with Crippen molar-refractivity contribution in [2.75, 3.05) is 17.2 Å². The van der Waals surface area contributed by atoms with Crippen molar-refractivity contribution in [2.24, 2.45) is 12.8 Å². The molecule has 2 heterocycles. The zero-order valence-corrected chi connectivity index (χ0v) is 17.1. The van der Waals surface area contributed by atoms with Crippen molar-refractivity contribution in [2.45, 2.75) is 41.5 Å². The van der Waals surface area contributed by atoms with E-state index in [0.29, 0.717) is 29.2 Å². The van der Waals surface area contributed by atoms with Crippen molar-refractivity contribution < 1.29 is 9.59 Å². The molecule has 2 amide bonds. The van der Waals surface area contributed by atoms with Crippen LogP contribution in [0.1, 0.15) is 25.6 Å². The summed E-state index contributed by atoms with van der Waals surface area (Å²) in [4.78, 5) is 26.9. The lowest BCUT2D eigenvalue weighted by atomic mass is 10.2. The van der Waals surface area contributed by atoms with Gasteiger partial charge in [-0.05, 0) is 18.6 Å². The van der Waals surface area contributed by atoms with Crippen LogP contribution in [-0.4, -0.2) is 44.1 Å². The number of carbonyl (C=O) groups is 2. The number of aryl methyl sites for hydroxylation is 1. The second kappa shape index (κ2) is 8.79. The first kappa shape index (κ1) is 19.8. The molecule has 1 atom stereocenters. The Kier molecular flexibility index (Phi) is 6.43. The predicted molar refractivity (Wildman–Crippen MR) is 108 cm³/mol. The molecule has 1 aromatic carbocycles. The Labute approximate surface area is 167 Å². The Morgan fingerprint density at radius 1 is 1.33 bits per heavy atom. The van der Waals surface area contributed by atoms with Gasteiger partial charge in [-0.3, -0.25) is 9.59 Å². The van der Waals surface area contributed by atoms with E-state index < -0.39 is 0 Å². The van der Waals surface area contributed by atoms with E-state index in [-0.39, 0.29) is 24.0 Å². The number of aromatic nitrogens is 3. The molecule has 144 valence electrons. The van der Waals surface area contributed by atoms with Crippen molar-refractivity contribution in [3.05, 3.63) is 30.1 Å². The standard InChI is InChI=1S/C18H23N5O2S2/c1-12-9-10-23(13-5-3-4-6-14(13)27-12)17(25)11-26-18-21-20-16(22(18)2)8-7-15(19)24/h3-6,12H,7-11H2,1-2H3,(H2,19,24)/t12-/m0/s1. The van der Waals surface area contributed by atoms with Gasteiger partial charge in [0.25, 0.3) is 0 Å². The van der Waals surface area contributed by atoms with Gasteiger partial charge in [0.1, 0.15) is 5.82 Å². The largest absolute Gasteiger partial charge is 0.370 e. The molecule has 2 aromatic rings. The van der Waals surface area contributed by atoms with E-state index >= 15 is 0 Å². The lowest BCUT2D eigenvalue weighted by molar-refractivity contribution is -0.118. The van der Waals surface area contributed by atoms with E-state index in [0.717, 1.165) is 17.0 Å². The topological polar surface area (TPSA) is 94.1 Å². The molecule has 0 aliphatic carbocycles. The number of primary amides is 1. The number of fused-ring (bicyclic) bond motifs is 1. The summed E-state index contributed by atoms with van der Waals surface area (Å²) in [5.41, 5.74) is 6.17. The Bertz CT molecular complexity index is 839. The number of hydrogen-bond donors (Lipinski definition) is 1. The minimum atomic E-state index is -0.366. The number of nitrogens with two attached hydrogens (primary N) is 1. The normalized spacial score (nSPS) is 16.7. The van der Waals surface area contributed by atoms with Gasteiger partial charge in [-0.15, -0.1) is 22.0 Å². The maximum absolute atomic E-state index is 12.9. The molecule has 9 heteroatoms. The highest BCUT2D eigenvalue weighted by atomic mass is 32.2. The van der Waals surface area contributed by atoms with Gasteiger partial charge in [-0.2, -0.15) is 0 Å². The van der Waals surface area contributed by atoms with Gasteiger partial charge < -0.3 is 15.2 Å². The predicted octanol–water partition coefficient (Wildman–Crippen LogP) is 2.24. The van der Waals surface area contributed by atoms with E-state index in [9.17, 15) is 9.59 Å². The number of amides is 2. The smallest absolute Gasteiger partial charge is 0.237 e. The number of rotatable bonds is 6. The molecule has 1 aromatic heterocycles. The Morgan fingerprint density at radius 3 is 2.89 bits per heavy atom. The Balaban J connectivity index is 1.67. The fraction of sp³-hybridized carbons (Fsp3) is 0.444. The summed E-state index contributed by atoms with van der Waals surface area (Å²) in [5.74, 6) is 0.669. The third-order valence-electron chi connectivity index (χ3n) is 4.39. The van der Waals surface area contributed by atoms with Crippen molar-refractivity contribution in [1.82, 2.24) is 14.8 Å². The summed E-state index contributed by atoms with van der Waals surface area (Å²) in [6.45, 7) is 2.91. The van der Waals surface area contributed by atoms with Crippen molar-refractivity contribution >= 4 is 41.0 Å². The molecule has 2 N–H and O–H groups in total. The van der Waals surface area contributed by atoms with E-state index in [2.05, 4.69) is 23.2 Å². The van der Waals surface area contributed by atoms with Crippen molar-refractivity contribution in [1.29, 1.82) is 0 Å². The highest BCUT2D eigenvalue weighted by Gasteiger charge is 2.24. The first-order valence-corrected chi connectivity index (χ1v) is 10.7. The lowest BCUT2D eigenvalue weighted by Crippen LogP contribution is -2.33. The molecule has 1 aliphatic rings. The van der Waals surface area contributed by atoms with E-state index in [4.69, 9.17) is 5.73 Å². The zero-order valence-electron chi connectivity index (χ0n) is 15.4. The van der Waals surface area contributed by atoms with Crippen LogP contribution in [0.25, 0.3) is 0 Å². The third kappa shape index (κ3) is 4.84. The highest BCUT2D eigenvalue weighted by Crippen LogP contribution is 2.37. The van der Waals surface area contributed by atoms with Gasteiger partial charge in [-0.25, -0.2) is 0 Å². The fourth-order valence-electron chi connectivity index (χ4n) is 2.87. The van der Waals surface area contributed by atoms with Crippen LogP contribution in [0.15, 0.2) is 34.3 Å². The van der Waals surface area contributed by atoms with Crippen LogP contribution in [0.5, 0.6) is 0 Å². The molecule has 3 rings (SSSR count). The van der Waals surface area contributed by atoms with E-state index in [1.54, 1.807) is 0 Å². The minimum absolute atomic E-state index is 0.0591. The van der Waals surface area contributed by atoms with Gasteiger partial charge in [0, 0.05) is 36.6 Å². The summed E-state index contributed by atoms with van der Waals surface area (Å²) >= 11 is 3.18. The van der Waals surface area contributed by atoms with Crippen LogP contribution < -0.4 is 10.6 Å². The van der Waals surface area contributed by atoms with Gasteiger partial charge >= 0.3 is 0 Å². The van der Waals surface area contributed by atoms with Crippen LogP contribution in [-0.2, 0) is 23.1 Å². The molecule has 27 heavy (non-hydrogen) atoms. The molecule has 7 nitrogen and oxygen atoms in total. The summed E-state index contributed by atoms with van der Waals surface area (Å²) < 4.78 is 1.81. The molecule has 0 radical (unpaired) electrons. The summed E-state index contributed by atoms with van der Waals surface area (Å²) in [6, 6.07) is 8.06. The molecule has 0 unspecified atom stereocenters. The third-order valence-corrected chi connectivity index (χ3v) is 6.63. The van der Waals surface area contributed by atoms with E-state index in [1.165, 1.54) is 11.8 Å². The first-order chi connectivity index (χ1) is 13.0. The zero-order chi connectivity index (χ0) is 19.4. The fourth-order valence-corrected chi connectivity index (χ4v) is 4.79. The van der Waals surface area contributed by atoms with Crippen molar-refractivity contribution in [3.8, 4) is 0 Å². The Morgan fingerprint density at radius 2 is 2.11 bits per heavy atom. The van der Waals surface area contributed by atoms with Crippen LogP contribution in [0.2, 0.25) is 0 Å². The monoisotopic (exact) mass is 405 g/mol. The summed E-state index contributed by atoms with van der Waals surface area (Å²) in [7, 11) is 1.84. The van der Waals surface area contributed by atoms with Gasteiger partial charge in [0.2, 0.25) is 11.8 Å². The lowest BCUT2D eigenvalue weighted by Gasteiger charge is -2.22. The highest BCUT2D eigenvalue weighted by molar-refractivity contribution is 8.00. The first-order valence-electron chi connectivity index (χ1n) is 8.81. The molecule has 0 saturated carbocycles. The number of nitrogens with zero attached hydrogens (tertiary/aromatic N) is 4.